The standard InChI is InChI=1S/C19H19NO3S/c21-19(22)14-15-5-4-8-18(13-15)24(23)20-11-9-17(10-12-20)16-6-2-1-3-7-16/h1-9,13H,10-12,14H2,(H,21,22). The van der Waals surface area contributed by atoms with Gasteiger partial charge in [0.05, 0.1) is 11.3 Å². The molecule has 0 spiro atoms. The lowest BCUT2D eigenvalue weighted by molar-refractivity contribution is -0.136. The van der Waals surface area contributed by atoms with Gasteiger partial charge in [-0.25, -0.2) is 8.51 Å². The molecule has 1 aliphatic rings. The average molecular weight is 341 g/mol. The molecular weight excluding hydrogens is 322 g/mol. The molecule has 0 aromatic heterocycles. The van der Waals surface area contributed by atoms with Gasteiger partial charge in [-0.3, -0.25) is 4.79 Å². The molecule has 1 unspecified atom stereocenters. The lowest BCUT2D eigenvalue weighted by Gasteiger charge is -2.25. The zero-order chi connectivity index (χ0) is 16.9. The third-order valence-corrected chi connectivity index (χ3v) is 5.46. The Morgan fingerprint density at radius 1 is 1.12 bits per heavy atom. The molecule has 0 radical (unpaired) electrons. The van der Waals surface area contributed by atoms with E-state index in [-0.39, 0.29) is 6.42 Å². The van der Waals surface area contributed by atoms with Crippen molar-refractivity contribution in [3.63, 3.8) is 0 Å². The molecule has 1 aliphatic heterocycles. The fraction of sp³-hybridized carbons (Fsp3) is 0.211. The third kappa shape index (κ3) is 3.99. The summed E-state index contributed by atoms with van der Waals surface area (Å²) in [7, 11) is -1.27. The van der Waals surface area contributed by atoms with Gasteiger partial charge in [-0.05, 0) is 35.3 Å². The Balaban J connectivity index is 1.71. The van der Waals surface area contributed by atoms with Crippen LogP contribution in [0.3, 0.4) is 0 Å². The van der Waals surface area contributed by atoms with E-state index in [4.69, 9.17) is 5.11 Å². The summed E-state index contributed by atoms with van der Waals surface area (Å²) in [5.41, 5.74) is 3.17. The molecule has 24 heavy (non-hydrogen) atoms. The van der Waals surface area contributed by atoms with Crippen molar-refractivity contribution in [2.75, 3.05) is 13.1 Å². The van der Waals surface area contributed by atoms with Gasteiger partial charge >= 0.3 is 5.97 Å². The number of carboxylic acids is 1. The van der Waals surface area contributed by atoms with E-state index in [2.05, 4.69) is 18.2 Å². The summed E-state index contributed by atoms with van der Waals surface area (Å²) >= 11 is 0. The van der Waals surface area contributed by atoms with Gasteiger partial charge in [-0.1, -0.05) is 48.5 Å². The summed E-state index contributed by atoms with van der Waals surface area (Å²) < 4.78 is 14.7. The third-order valence-electron chi connectivity index (χ3n) is 4.01. The molecule has 0 saturated carbocycles. The molecule has 0 aliphatic carbocycles. The maximum atomic E-state index is 12.7. The second-order valence-electron chi connectivity index (χ2n) is 5.70. The van der Waals surface area contributed by atoms with Gasteiger partial charge in [0.2, 0.25) is 0 Å². The molecule has 1 atom stereocenters. The highest BCUT2D eigenvalue weighted by atomic mass is 32.2. The normalized spacial score (nSPS) is 16.4. The van der Waals surface area contributed by atoms with E-state index in [0.29, 0.717) is 17.0 Å². The Kier molecular flexibility index (Phi) is 5.23. The van der Waals surface area contributed by atoms with Crippen LogP contribution in [0, 0.1) is 0 Å². The predicted molar refractivity (Wildman–Crippen MR) is 94.8 cm³/mol. The van der Waals surface area contributed by atoms with Crippen LogP contribution in [-0.2, 0) is 22.2 Å². The van der Waals surface area contributed by atoms with Crippen LogP contribution >= 0.6 is 0 Å². The average Bonchev–Trinajstić information content (AvgIpc) is 2.62. The molecule has 124 valence electrons. The van der Waals surface area contributed by atoms with E-state index in [0.717, 1.165) is 13.0 Å². The molecule has 0 fully saturated rings. The van der Waals surface area contributed by atoms with E-state index in [1.54, 1.807) is 24.3 Å². The van der Waals surface area contributed by atoms with Crippen LogP contribution in [0.4, 0.5) is 0 Å². The topological polar surface area (TPSA) is 57.6 Å². The minimum Gasteiger partial charge on any atom is -0.481 e. The number of carboxylic acid groups (broad SMARTS) is 1. The molecule has 4 nitrogen and oxygen atoms in total. The summed E-state index contributed by atoms with van der Waals surface area (Å²) in [6, 6.07) is 17.3. The molecule has 1 heterocycles. The number of rotatable bonds is 5. The Hall–Kier alpha value is -2.24. The number of hydrogen-bond donors (Lipinski definition) is 1. The molecule has 2 aromatic carbocycles. The van der Waals surface area contributed by atoms with Crippen molar-refractivity contribution in [2.24, 2.45) is 0 Å². The molecule has 0 saturated heterocycles. The fourth-order valence-corrected chi connectivity index (χ4v) is 4.02. The van der Waals surface area contributed by atoms with E-state index in [1.807, 2.05) is 22.5 Å². The lowest BCUT2D eigenvalue weighted by Crippen LogP contribution is -2.30. The number of aliphatic carboxylic acids is 1. The Bertz CT molecular complexity index is 786. The summed E-state index contributed by atoms with van der Waals surface area (Å²) in [5, 5.41) is 8.89. The lowest BCUT2D eigenvalue weighted by atomic mass is 10.0. The van der Waals surface area contributed by atoms with Crippen molar-refractivity contribution in [3.05, 3.63) is 71.8 Å². The van der Waals surface area contributed by atoms with Gasteiger partial charge in [0.25, 0.3) is 0 Å². The Labute approximate surface area is 144 Å². The van der Waals surface area contributed by atoms with Gasteiger partial charge in [0.1, 0.15) is 11.0 Å². The van der Waals surface area contributed by atoms with Gasteiger partial charge in [0.15, 0.2) is 0 Å². The first-order chi connectivity index (χ1) is 11.6. The maximum Gasteiger partial charge on any atom is 0.307 e. The Morgan fingerprint density at radius 3 is 2.58 bits per heavy atom. The van der Waals surface area contributed by atoms with Crippen LogP contribution in [0.25, 0.3) is 5.57 Å². The number of nitrogens with zero attached hydrogens (tertiary/aromatic N) is 1. The summed E-state index contributed by atoms with van der Waals surface area (Å²) in [5.74, 6) is -0.883. The van der Waals surface area contributed by atoms with Crippen LogP contribution in [-0.4, -0.2) is 32.7 Å². The molecular formula is C19H19NO3S. The van der Waals surface area contributed by atoms with Crippen LogP contribution in [0.1, 0.15) is 17.5 Å². The molecule has 5 heteroatoms. The van der Waals surface area contributed by atoms with Gasteiger partial charge in [-0.15, -0.1) is 0 Å². The highest BCUT2D eigenvalue weighted by Gasteiger charge is 2.19. The van der Waals surface area contributed by atoms with Crippen LogP contribution < -0.4 is 0 Å². The minimum atomic E-state index is -1.27. The molecule has 2 aromatic rings. The van der Waals surface area contributed by atoms with Crippen molar-refractivity contribution < 1.29 is 14.1 Å². The van der Waals surface area contributed by atoms with Crippen molar-refractivity contribution >= 4 is 22.5 Å². The highest BCUT2D eigenvalue weighted by Crippen LogP contribution is 2.24. The van der Waals surface area contributed by atoms with Crippen molar-refractivity contribution in [1.82, 2.24) is 4.31 Å². The quantitative estimate of drug-likeness (QED) is 0.909. The zero-order valence-electron chi connectivity index (χ0n) is 13.2. The summed E-state index contributed by atoms with van der Waals surface area (Å²) in [6.07, 6.45) is 2.92. The first kappa shape index (κ1) is 16.6. The minimum absolute atomic E-state index is 0.0525. The van der Waals surface area contributed by atoms with Crippen molar-refractivity contribution in [1.29, 1.82) is 0 Å². The fourth-order valence-electron chi connectivity index (χ4n) is 2.80. The molecule has 0 bridgehead atoms. The first-order valence-electron chi connectivity index (χ1n) is 7.85. The molecule has 1 N–H and O–H groups in total. The highest BCUT2D eigenvalue weighted by molar-refractivity contribution is 7.82. The van der Waals surface area contributed by atoms with E-state index >= 15 is 0 Å². The number of benzene rings is 2. The van der Waals surface area contributed by atoms with Crippen LogP contribution in [0.15, 0.2) is 65.6 Å². The van der Waals surface area contributed by atoms with Crippen LogP contribution in [0.2, 0.25) is 0 Å². The van der Waals surface area contributed by atoms with E-state index < -0.39 is 17.0 Å². The zero-order valence-corrected chi connectivity index (χ0v) is 14.0. The predicted octanol–water partition coefficient (Wildman–Crippen LogP) is 3.13. The van der Waals surface area contributed by atoms with Gasteiger partial charge in [-0.2, -0.15) is 0 Å². The van der Waals surface area contributed by atoms with E-state index in [1.165, 1.54) is 11.1 Å². The van der Waals surface area contributed by atoms with Crippen molar-refractivity contribution in [3.8, 4) is 0 Å². The molecule has 0 amide bonds. The van der Waals surface area contributed by atoms with Gasteiger partial charge < -0.3 is 5.11 Å². The summed E-state index contributed by atoms with van der Waals surface area (Å²) in [6.45, 7) is 1.34. The maximum absolute atomic E-state index is 12.7. The Morgan fingerprint density at radius 2 is 1.92 bits per heavy atom. The van der Waals surface area contributed by atoms with Gasteiger partial charge in [0, 0.05) is 13.1 Å². The summed E-state index contributed by atoms with van der Waals surface area (Å²) in [4.78, 5) is 11.5. The SMILES string of the molecule is O=C(O)Cc1cccc(S(=O)N2CC=C(c3ccccc3)CC2)c1. The second kappa shape index (κ2) is 7.55. The first-order valence-corrected chi connectivity index (χ1v) is 8.96. The smallest absolute Gasteiger partial charge is 0.307 e. The number of carbonyl (C=O) groups is 1. The number of hydrogen-bond acceptors (Lipinski definition) is 2. The monoisotopic (exact) mass is 341 g/mol. The van der Waals surface area contributed by atoms with E-state index in [9.17, 15) is 9.00 Å². The second-order valence-corrected chi connectivity index (χ2v) is 7.19. The van der Waals surface area contributed by atoms with Crippen LogP contribution in [0.5, 0.6) is 0 Å². The van der Waals surface area contributed by atoms with Crippen molar-refractivity contribution in [2.45, 2.75) is 17.7 Å². The molecule has 3 rings (SSSR count). The largest absolute Gasteiger partial charge is 0.481 e.